The number of nitrogens with zero attached hydrogens (tertiary/aromatic N) is 1. The normalized spacial score (nSPS) is 12.6. The van der Waals surface area contributed by atoms with Crippen LogP contribution in [0.15, 0.2) is 35.2 Å². The van der Waals surface area contributed by atoms with E-state index in [9.17, 15) is 0 Å². The average molecular weight is 244 g/mol. The second-order valence-corrected chi connectivity index (χ2v) is 4.38. The van der Waals surface area contributed by atoms with Crippen LogP contribution in [0.4, 0.5) is 0 Å². The van der Waals surface area contributed by atoms with Gasteiger partial charge in [-0.25, -0.2) is 0 Å². The van der Waals surface area contributed by atoms with Gasteiger partial charge in [0.2, 0.25) is 0 Å². The van der Waals surface area contributed by atoms with Crippen LogP contribution in [-0.4, -0.2) is 11.5 Å². The Bertz CT molecular complexity index is 505. The number of hydrogen-bond acceptors (Lipinski definition) is 3. The summed E-state index contributed by atoms with van der Waals surface area (Å²) in [7, 11) is 0. The zero-order chi connectivity index (χ0) is 13.0. The Labute approximate surface area is 108 Å². The first kappa shape index (κ1) is 12.8. The van der Waals surface area contributed by atoms with Gasteiger partial charge in [-0.05, 0) is 36.7 Å². The van der Waals surface area contributed by atoms with Crippen LogP contribution in [0.1, 0.15) is 42.3 Å². The van der Waals surface area contributed by atoms with E-state index in [0.717, 1.165) is 18.7 Å². The summed E-state index contributed by atoms with van der Waals surface area (Å²) in [4.78, 5) is 4.24. The van der Waals surface area contributed by atoms with Crippen molar-refractivity contribution < 1.29 is 4.42 Å². The van der Waals surface area contributed by atoms with Gasteiger partial charge in [0.05, 0.1) is 12.3 Å². The van der Waals surface area contributed by atoms with Gasteiger partial charge in [-0.3, -0.25) is 4.98 Å². The van der Waals surface area contributed by atoms with E-state index in [1.807, 2.05) is 18.5 Å². The molecule has 1 atom stereocenters. The number of pyridine rings is 1. The molecule has 0 bridgehead atoms. The lowest BCUT2D eigenvalue weighted by atomic mass is 9.96. The summed E-state index contributed by atoms with van der Waals surface area (Å²) < 4.78 is 5.54. The van der Waals surface area contributed by atoms with Gasteiger partial charge >= 0.3 is 0 Å². The standard InChI is InChI=1S/C15H20N2O/c1-4-14-12(7-9-18-14)15(17-5-2)13-10-16-8-6-11(13)3/h6-10,15,17H,4-5H2,1-3H3. The highest BCUT2D eigenvalue weighted by Gasteiger charge is 2.19. The van der Waals surface area contributed by atoms with E-state index in [2.05, 4.69) is 37.1 Å². The van der Waals surface area contributed by atoms with Crippen molar-refractivity contribution in [2.45, 2.75) is 33.2 Å². The molecule has 2 aromatic heterocycles. The highest BCUT2D eigenvalue weighted by atomic mass is 16.3. The molecule has 2 aromatic rings. The average Bonchev–Trinajstić information content (AvgIpc) is 2.85. The van der Waals surface area contributed by atoms with Crippen LogP contribution in [0, 0.1) is 6.92 Å². The first-order valence-electron chi connectivity index (χ1n) is 6.48. The predicted molar refractivity (Wildman–Crippen MR) is 72.6 cm³/mol. The Balaban J connectivity index is 2.43. The first-order chi connectivity index (χ1) is 8.77. The Morgan fingerprint density at radius 3 is 2.78 bits per heavy atom. The van der Waals surface area contributed by atoms with Gasteiger partial charge in [-0.1, -0.05) is 13.8 Å². The molecule has 18 heavy (non-hydrogen) atoms. The summed E-state index contributed by atoms with van der Waals surface area (Å²) >= 11 is 0. The molecule has 3 heteroatoms. The molecule has 0 spiro atoms. The number of furan rings is 1. The molecule has 3 nitrogen and oxygen atoms in total. The van der Waals surface area contributed by atoms with E-state index in [1.165, 1.54) is 16.7 Å². The van der Waals surface area contributed by atoms with E-state index in [-0.39, 0.29) is 6.04 Å². The number of aryl methyl sites for hydroxylation is 2. The Hall–Kier alpha value is -1.61. The minimum absolute atomic E-state index is 0.164. The van der Waals surface area contributed by atoms with E-state index in [0.29, 0.717) is 0 Å². The minimum Gasteiger partial charge on any atom is -0.469 e. The fourth-order valence-electron chi connectivity index (χ4n) is 2.27. The van der Waals surface area contributed by atoms with Crippen LogP contribution in [-0.2, 0) is 6.42 Å². The van der Waals surface area contributed by atoms with Crippen LogP contribution in [0.5, 0.6) is 0 Å². The summed E-state index contributed by atoms with van der Waals surface area (Å²) in [5, 5.41) is 3.52. The maximum absolute atomic E-state index is 5.54. The molecule has 0 saturated heterocycles. The lowest BCUT2D eigenvalue weighted by molar-refractivity contribution is 0.501. The Morgan fingerprint density at radius 1 is 1.28 bits per heavy atom. The Morgan fingerprint density at radius 2 is 2.11 bits per heavy atom. The van der Waals surface area contributed by atoms with Crippen LogP contribution >= 0.6 is 0 Å². The number of aromatic nitrogens is 1. The lowest BCUT2D eigenvalue weighted by Gasteiger charge is -2.19. The number of hydrogen-bond donors (Lipinski definition) is 1. The molecule has 2 rings (SSSR count). The van der Waals surface area contributed by atoms with Gasteiger partial charge < -0.3 is 9.73 Å². The first-order valence-corrected chi connectivity index (χ1v) is 6.48. The summed E-state index contributed by atoms with van der Waals surface area (Å²) in [5.41, 5.74) is 3.69. The van der Waals surface area contributed by atoms with E-state index >= 15 is 0 Å². The van der Waals surface area contributed by atoms with Crippen molar-refractivity contribution in [2.75, 3.05) is 6.54 Å². The summed E-state index contributed by atoms with van der Waals surface area (Å²) in [6, 6.07) is 4.27. The molecule has 2 heterocycles. The molecule has 1 N–H and O–H groups in total. The quantitative estimate of drug-likeness (QED) is 0.877. The zero-order valence-electron chi connectivity index (χ0n) is 11.2. The monoisotopic (exact) mass is 244 g/mol. The molecule has 96 valence electrons. The van der Waals surface area contributed by atoms with Gasteiger partial charge in [0.1, 0.15) is 5.76 Å². The van der Waals surface area contributed by atoms with Crippen molar-refractivity contribution in [3.8, 4) is 0 Å². The van der Waals surface area contributed by atoms with E-state index in [1.54, 1.807) is 6.26 Å². The van der Waals surface area contributed by atoms with Gasteiger partial charge in [0.15, 0.2) is 0 Å². The third-order valence-electron chi connectivity index (χ3n) is 3.21. The molecule has 0 aliphatic rings. The van der Waals surface area contributed by atoms with Crippen molar-refractivity contribution in [1.29, 1.82) is 0 Å². The van der Waals surface area contributed by atoms with Gasteiger partial charge in [0, 0.05) is 24.4 Å². The van der Waals surface area contributed by atoms with Crippen LogP contribution in [0.25, 0.3) is 0 Å². The van der Waals surface area contributed by atoms with E-state index < -0.39 is 0 Å². The molecule has 0 aromatic carbocycles. The smallest absolute Gasteiger partial charge is 0.108 e. The number of nitrogens with one attached hydrogen (secondary N) is 1. The SMILES string of the molecule is CCNC(c1cnccc1C)c1ccoc1CC. The molecular weight excluding hydrogens is 224 g/mol. The molecule has 0 aliphatic carbocycles. The topological polar surface area (TPSA) is 38.1 Å². The predicted octanol–water partition coefficient (Wildman–Crippen LogP) is 3.24. The molecule has 0 saturated carbocycles. The summed E-state index contributed by atoms with van der Waals surface area (Å²) in [6.45, 7) is 7.26. The fourth-order valence-corrected chi connectivity index (χ4v) is 2.27. The highest BCUT2D eigenvalue weighted by Crippen LogP contribution is 2.27. The Kier molecular flexibility index (Phi) is 4.15. The fraction of sp³-hybridized carbons (Fsp3) is 0.400. The number of rotatable bonds is 5. The summed E-state index contributed by atoms with van der Waals surface area (Å²) in [5.74, 6) is 1.05. The lowest BCUT2D eigenvalue weighted by Crippen LogP contribution is -2.23. The molecule has 0 amide bonds. The molecule has 1 unspecified atom stereocenters. The molecular formula is C15H20N2O. The van der Waals surface area contributed by atoms with Crippen molar-refractivity contribution in [3.63, 3.8) is 0 Å². The van der Waals surface area contributed by atoms with Crippen molar-refractivity contribution in [2.24, 2.45) is 0 Å². The van der Waals surface area contributed by atoms with E-state index in [4.69, 9.17) is 4.42 Å². The van der Waals surface area contributed by atoms with Crippen LogP contribution in [0.3, 0.4) is 0 Å². The highest BCUT2D eigenvalue weighted by molar-refractivity contribution is 5.36. The maximum Gasteiger partial charge on any atom is 0.108 e. The molecule has 0 radical (unpaired) electrons. The molecule has 0 fully saturated rings. The summed E-state index contributed by atoms with van der Waals surface area (Å²) in [6.07, 6.45) is 6.45. The molecule has 0 aliphatic heterocycles. The van der Waals surface area contributed by atoms with Crippen LogP contribution < -0.4 is 5.32 Å². The van der Waals surface area contributed by atoms with Crippen LogP contribution in [0.2, 0.25) is 0 Å². The minimum atomic E-state index is 0.164. The van der Waals surface area contributed by atoms with Crippen molar-refractivity contribution in [3.05, 3.63) is 53.2 Å². The largest absolute Gasteiger partial charge is 0.469 e. The second kappa shape index (κ2) is 5.83. The van der Waals surface area contributed by atoms with Gasteiger partial charge in [0.25, 0.3) is 0 Å². The third-order valence-corrected chi connectivity index (χ3v) is 3.21. The zero-order valence-corrected chi connectivity index (χ0v) is 11.2. The third kappa shape index (κ3) is 2.46. The van der Waals surface area contributed by atoms with Crippen molar-refractivity contribution in [1.82, 2.24) is 10.3 Å². The van der Waals surface area contributed by atoms with Gasteiger partial charge in [-0.15, -0.1) is 0 Å². The maximum atomic E-state index is 5.54. The van der Waals surface area contributed by atoms with Crippen molar-refractivity contribution >= 4 is 0 Å². The van der Waals surface area contributed by atoms with Gasteiger partial charge in [-0.2, -0.15) is 0 Å². The second-order valence-electron chi connectivity index (χ2n) is 4.38.